The number of rotatable bonds is 7. The number of nitrogen functional groups attached to an aromatic ring is 1. The van der Waals surface area contributed by atoms with Crippen LogP contribution < -0.4 is 21.3 Å². The number of hydrogen-bond donors (Lipinski definition) is 2. The van der Waals surface area contributed by atoms with Gasteiger partial charge in [-0.3, -0.25) is 4.79 Å². The van der Waals surface area contributed by atoms with E-state index in [1.165, 1.54) is 11.8 Å². The van der Waals surface area contributed by atoms with E-state index < -0.39 is 0 Å². The second kappa shape index (κ2) is 10.8. The van der Waals surface area contributed by atoms with Gasteiger partial charge in [-0.15, -0.1) is 12.4 Å². The lowest BCUT2D eigenvalue weighted by atomic mass is 10.0. The first-order chi connectivity index (χ1) is 15.0. The van der Waals surface area contributed by atoms with Gasteiger partial charge in [-0.05, 0) is 62.2 Å². The number of anilines is 1. The summed E-state index contributed by atoms with van der Waals surface area (Å²) in [5.74, 6) is 0.732. The van der Waals surface area contributed by atoms with Crippen LogP contribution in [0.25, 0.3) is 11.0 Å². The third kappa shape index (κ3) is 5.59. The summed E-state index contributed by atoms with van der Waals surface area (Å²) >= 11 is 0. The van der Waals surface area contributed by atoms with E-state index in [9.17, 15) is 4.79 Å². The van der Waals surface area contributed by atoms with Crippen molar-refractivity contribution >= 4 is 29.1 Å². The van der Waals surface area contributed by atoms with Gasteiger partial charge in [0.05, 0.1) is 24.3 Å². The Morgan fingerprint density at radius 3 is 2.66 bits per heavy atom. The number of methoxy groups -OCH3 is 1. The third-order valence-corrected chi connectivity index (χ3v) is 6.22. The predicted molar refractivity (Wildman–Crippen MR) is 132 cm³/mol. The van der Waals surface area contributed by atoms with Crippen LogP contribution in [0.15, 0.2) is 47.4 Å². The smallest absolute Gasteiger partial charge is 0.269 e. The Hall–Kier alpha value is -2.61. The van der Waals surface area contributed by atoms with Crippen LogP contribution in [-0.2, 0) is 13.1 Å². The largest absolute Gasteiger partial charge is 0.497 e. The molecule has 32 heavy (non-hydrogen) atoms. The molecule has 3 N–H and O–H groups in total. The highest BCUT2D eigenvalue weighted by Crippen LogP contribution is 2.18. The van der Waals surface area contributed by atoms with Crippen molar-refractivity contribution in [1.29, 1.82) is 0 Å². The van der Waals surface area contributed by atoms with E-state index in [-0.39, 0.29) is 18.0 Å². The SMILES string of the molecule is COc1ccc2ncc(=O)n(CCN3CCC(NCc4ccc(C)c(N)c4)CC3)c2c1.Cl. The molecule has 0 unspecified atom stereocenters. The number of nitrogens with zero attached hydrogens (tertiary/aromatic N) is 3. The molecule has 4 rings (SSSR count). The fourth-order valence-corrected chi connectivity index (χ4v) is 4.16. The maximum absolute atomic E-state index is 12.4. The number of fused-ring (bicyclic) bond motifs is 1. The molecule has 1 fully saturated rings. The molecule has 0 saturated carbocycles. The highest BCUT2D eigenvalue weighted by molar-refractivity contribution is 5.85. The summed E-state index contributed by atoms with van der Waals surface area (Å²) in [5.41, 5.74) is 10.8. The Morgan fingerprint density at radius 2 is 1.94 bits per heavy atom. The second-order valence-corrected chi connectivity index (χ2v) is 8.29. The zero-order chi connectivity index (χ0) is 21.8. The monoisotopic (exact) mass is 457 g/mol. The average Bonchev–Trinajstić information content (AvgIpc) is 2.79. The molecule has 1 aromatic heterocycles. The van der Waals surface area contributed by atoms with Gasteiger partial charge in [-0.1, -0.05) is 12.1 Å². The number of ether oxygens (including phenoxy) is 1. The molecular formula is C24H32ClN5O2. The molecule has 2 heterocycles. The van der Waals surface area contributed by atoms with E-state index in [1.54, 1.807) is 11.7 Å². The number of benzene rings is 2. The topological polar surface area (TPSA) is 85.4 Å². The lowest BCUT2D eigenvalue weighted by Crippen LogP contribution is -2.43. The number of aryl methyl sites for hydroxylation is 1. The standard InChI is InChI=1S/C24H31N5O2.ClH/c1-17-3-4-18(13-21(17)25)15-26-19-7-9-28(10-8-19)11-12-29-23-14-20(31-2)5-6-22(23)27-16-24(29)30;/h3-6,13-14,16,19,26H,7-12,15,25H2,1-2H3;1H. The summed E-state index contributed by atoms with van der Waals surface area (Å²) in [4.78, 5) is 19.1. The van der Waals surface area contributed by atoms with Crippen molar-refractivity contribution in [2.24, 2.45) is 0 Å². The highest BCUT2D eigenvalue weighted by atomic mass is 35.5. The van der Waals surface area contributed by atoms with Crippen molar-refractivity contribution in [1.82, 2.24) is 19.8 Å². The van der Waals surface area contributed by atoms with Crippen molar-refractivity contribution in [3.8, 4) is 5.75 Å². The number of likely N-dealkylation sites (tertiary alicyclic amines) is 1. The van der Waals surface area contributed by atoms with Gasteiger partial charge in [0.2, 0.25) is 0 Å². The molecule has 0 spiro atoms. The van der Waals surface area contributed by atoms with Gasteiger partial charge in [0.1, 0.15) is 5.75 Å². The van der Waals surface area contributed by atoms with Crippen molar-refractivity contribution in [2.75, 3.05) is 32.5 Å². The first kappa shape index (κ1) is 24.0. The first-order valence-corrected chi connectivity index (χ1v) is 10.9. The number of hydrogen-bond acceptors (Lipinski definition) is 6. The highest BCUT2D eigenvalue weighted by Gasteiger charge is 2.19. The van der Waals surface area contributed by atoms with Gasteiger partial charge in [-0.25, -0.2) is 4.98 Å². The Kier molecular flexibility index (Phi) is 8.12. The minimum absolute atomic E-state index is 0. The molecule has 2 aromatic carbocycles. The molecule has 0 radical (unpaired) electrons. The molecule has 7 nitrogen and oxygen atoms in total. The van der Waals surface area contributed by atoms with E-state index in [0.717, 1.165) is 67.1 Å². The molecule has 3 aromatic rings. The summed E-state index contributed by atoms with van der Waals surface area (Å²) in [7, 11) is 1.63. The number of nitrogens with two attached hydrogens (primary N) is 1. The molecule has 0 bridgehead atoms. The maximum atomic E-state index is 12.4. The first-order valence-electron chi connectivity index (χ1n) is 10.9. The van der Waals surface area contributed by atoms with E-state index in [0.29, 0.717) is 12.6 Å². The van der Waals surface area contributed by atoms with Crippen molar-refractivity contribution in [3.05, 3.63) is 64.1 Å². The average molecular weight is 458 g/mol. The molecule has 0 amide bonds. The Balaban J connectivity index is 0.00000289. The van der Waals surface area contributed by atoms with Crippen LogP contribution in [-0.4, -0.2) is 47.2 Å². The van der Waals surface area contributed by atoms with Crippen LogP contribution in [0.4, 0.5) is 5.69 Å². The fraction of sp³-hybridized carbons (Fsp3) is 0.417. The molecule has 0 aliphatic carbocycles. The summed E-state index contributed by atoms with van der Waals surface area (Å²) in [5, 5.41) is 3.67. The molecule has 1 saturated heterocycles. The van der Waals surface area contributed by atoms with Gasteiger partial charge < -0.3 is 25.3 Å². The summed E-state index contributed by atoms with van der Waals surface area (Å²) < 4.78 is 7.13. The lowest BCUT2D eigenvalue weighted by Gasteiger charge is -2.32. The van der Waals surface area contributed by atoms with E-state index in [4.69, 9.17) is 10.5 Å². The van der Waals surface area contributed by atoms with Gasteiger partial charge >= 0.3 is 0 Å². The van der Waals surface area contributed by atoms with Crippen LogP contribution in [0.5, 0.6) is 5.75 Å². The van der Waals surface area contributed by atoms with Gasteiger partial charge in [0.25, 0.3) is 5.56 Å². The second-order valence-electron chi connectivity index (χ2n) is 8.29. The summed E-state index contributed by atoms with van der Waals surface area (Å²) in [6.07, 6.45) is 3.60. The van der Waals surface area contributed by atoms with Crippen LogP contribution in [0.3, 0.4) is 0 Å². The van der Waals surface area contributed by atoms with Crippen LogP contribution >= 0.6 is 12.4 Å². The minimum atomic E-state index is -0.0744. The third-order valence-electron chi connectivity index (χ3n) is 6.22. The Bertz CT molecular complexity index is 1110. The zero-order valence-corrected chi connectivity index (χ0v) is 19.5. The van der Waals surface area contributed by atoms with E-state index >= 15 is 0 Å². The molecule has 8 heteroatoms. The maximum Gasteiger partial charge on any atom is 0.269 e. The van der Waals surface area contributed by atoms with E-state index in [1.807, 2.05) is 25.1 Å². The number of halogens is 1. The van der Waals surface area contributed by atoms with Crippen LogP contribution in [0, 0.1) is 6.92 Å². The summed E-state index contributed by atoms with van der Waals surface area (Å²) in [6.45, 7) is 6.41. The normalized spacial score (nSPS) is 14.9. The Morgan fingerprint density at radius 1 is 1.16 bits per heavy atom. The molecule has 172 valence electrons. The Labute approximate surface area is 195 Å². The fourth-order valence-electron chi connectivity index (χ4n) is 4.16. The van der Waals surface area contributed by atoms with Crippen molar-refractivity contribution in [3.63, 3.8) is 0 Å². The van der Waals surface area contributed by atoms with Gasteiger partial charge in [0.15, 0.2) is 0 Å². The van der Waals surface area contributed by atoms with Crippen LogP contribution in [0.1, 0.15) is 24.0 Å². The molecule has 1 aliphatic rings. The van der Waals surface area contributed by atoms with Crippen LogP contribution in [0.2, 0.25) is 0 Å². The minimum Gasteiger partial charge on any atom is -0.497 e. The molecular weight excluding hydrogens is 426 g/mol. The quantitative estimate of drug-likeness (QED) is 0.530. The summed E-state index contributed by atoms with van der Waals surface area (Å²) in [6, 6.07) is 12.4. The lowest BCUT2D eigenvalue weighted by molar-refractivity contribution is 0.191. The number of nitrogens with one attached hydrogen (secondary N) is 1. The molecule has 1 aliphatic heterocycles. The van der Waals surface area contributed by atoms with E-state index in [2.05, 4.69) is 33.4 Å². The predicted octanol–water partition coefficient (Wildman–Crippen LogP) is 2.97. The van der Waals surface area contributed by atoms with Gasteiger partial charge in [0, 0.05) is 37.4 Å². The molecule has 0 atom stereocenters. The van der Waals surface area contributed by atoms with Crippen molar-refractivity contribution < 1.29 is 4.74 Å². The number of aromatic nitrogens is 2. The van der Waals surface area contributed by atoms with Gasteiger partial charge in [-0.2, -0.15) is 0 Å². The van der Waals surface area contributed by atoms with Crippen molar-refractivity contribution in [2.45, 2.75) is 38.9 Å². The zero-order valence-electron chi connectivity index (χ0n) is 18.7. The number of piperidine rings is 1.